The molecule has 6 heteroatoms. The number of hydrogen-bond acceptors (Lipinski definition) is 3. The highest BCUT2D eigenvalue weighted by atomic mass is 32.1. The lowest BCUT2D eigenvalue weighted by Crippen LogP contribution is -2.37. The van der Waals surface area contributed by atoms with Crippen molar-refractivity contribution in [3.8, 4) is 0 Å². The van der Waals surface area contributed by atoms with E-state index >= 15 is 0 Å². The first-order chi connectivity index (χ1) is 11.8. The van der Waals surface area contributed by atoms with Gasteiger partial charge in [0.2, 0.25) is 0 Å². The zero-order chi connectivity index (χ0) is 16.6. The van der Waals surface area contributed by atoms with Crippen LogP contribution in [0.1, 0.15) is 24.6 Å². The molecule has 0 saturated heterocycles. The van der Waals surface area contributed by atoms with Crippen molar-refractivity contribution >= 4 is 22.3 Å². The van der Waals surface area contributed by atoms with Crippen molar-refractivity contribution in [2.24, 2.45) is 4.99 Å². The molecule has 3 aromatic rings. The van der Waals surface area contributed by atoms with E-state index < -0.39 is 0 Å². The Balaban J connectivity index is 1.49. The molecule has 3 rings (SSSR count). The standard InChI is InChI=1S/C18H23N5S/c1-2-19-17(20-10-6-9-15-7-4-3-5-8-15)21-13-16-14-23-11-12-24-18(23)22-16/h3-5,7-8,11-12,14H,2,6,9-10,13H2,1H3,(H2,19,20,21). The van der Waals surface area contributed by atoms with Crippen LogP contribution in [0.15, 0.2) is 53.1 Å². The van der Waals surface area contributed by atoms with Gasteiger partial charge in [0.1, 0.15) is 0 Å². The number of hydrogen-bond donors (Lipinski definition) is 2. The first kappa shape index (κ1) is 16.5. The molecular weight excluding hydrogens is 318 g/mol. The molecule has 126 valence electrons. The zero-order valence-electron chi connectivity index (χ0n) is 13.9. The second-order valence-electron chi connectivity index (χ2n) is 5.54. The van der Waals surface area contributed by atoms with Crippen LogP contribution in [0.25, 0.3) is 4.96 Å². The number of aliphatic imine (C=N–C) groups is 1. The maximum Gasteiger partial charge on any atom is 0.193 e. The minimum Gasteiger partial charge on any atom is -0.357 e. The molecule has 0 aliphatic heterocycles. The van der Waals surface area contributed by atoms with Crippen molar-refractivity contribution in [1.82, 2.24) is 20.0 Å². The Morgan fingerprint density at radius 3 is 2.92 bits per heavy atom. The molecule has 0 aliphatic rings. The van der Waals surface area contributed by atoms with E-state index in [2.05, 4.69) is 57.9 Å². The van der Waals surface area contributed by atoms with Gasteiger partial charge in [-0.3, -0.25) is 4.40 Å². The van der Waals surface area contributed by atoms with E-state index in [1.807, 2.05) is 22.2 Å². The van der Waals surface area contributed by atoms with Gasteiger partial charge in [0, 0.05) is 30.9 Å². The third-order valence-electron chi connectivity index (χ3n) is 3.66. The molecular formula is C18H23N5S. The summed E-state index contributed by atoms with van der Waals surface area (Å²) in [6.07, 6.45) is 6.21. The summed E-state index contributed by atoms with van der Waals surface area (Å²) in [4.78, 5) is 10.2. The molecule has 1 aromatic carbocycles. The van der Waals surface area contributed by atoms with Crippen molar-refractivity contribution in [3.05, 3.63) is 59.4 Å². The minimum absolute atomic E-state index is 0.586. The summed E-state index contributed by atoms with van der Waals surface area (Å²) in [6, 6.07) is 10.6. The van der Waals surface area contributed by atoms with Crippen LogP contribution in [0.3, 0.4) is 0 Å². The van der Waals surface area contributed by atoms with E-state index in [-0.39, 0.29) is 0 Å². The van der Waals surface area contributed by atoms with Crippen LogP contribution in [-0.4, -0.2) is 28.4 Å². The van der Waals surface area contributed by atoms with Gasteiger partial charge in [0.05, 0.1) is 12.2 Å². The average molecular weight is 341 g/mol. The minimum atomic E-state index is 0.586. The number of aryl methyl sites for hydroxylation is 1. The predicted molar refractivity (Wildman–Crippen MR) is 101 cm³/mol. The van der Waals surface area contributed by atoms with Crippen LogP contribution in [0.2, 0.25) is 0 Å². The van der Waals surface area contributed by atoms with E-state index in [0.29, 0.717) is 6.54 Å². The summed E-state index contributed by atoms with van der Waals surface area (Å²) in [6.45, 7) is 4.41. The fraction of sp³-hybridized carbons (Fsp3) is 0.333. The highest BCUT2D eigenvalue weighted by Crippen LogP contribution is 2.11. The molecule has 2 heterocycles. The summed E-state index contributed by atoms with van der Waals surface area (Å²) in [7, 11) is 0. The highest BCUT2D eigenvalue weighted by Gasteiger charge is 2.03. The van der Waals surface area contributed by atoms with E-state index in [4.69, 9.17) is 0 Å². The van der Waals surface area contributed by atoms with Gasteiger partial charge in [-0.25, -0.2) is 9.98 Å². The molecule has 5 nitrogen and oxygen atoms in total. The van der Waals surface area contributed by atoms with Crippen LogP contribution in [-0.2, 0) is 13.0 Å². The first-order valence-corrected chi connectivity index (χ1v) is 9.20. The van der Waals surface area contributed by atoms with Crippen LogP contribution in [0, 0.1) is 0 Å². The van der Waals surface area contributed by atoms with Gasteiger partial charge in [-0.2, -0.15) is 0 Å². The normalized spacial score (nSPS) is 11.8. The van der Waals surface area contributed by atoms with Crippen molar-refractivity contribution < 1.29 is 0 Å². The van der Waals surface area contributed by atoms with E-state index in [1.54, 1.807) is 11.3 Å². The number of imidazole rings is 1. The van der Waals surface area contributed by atoms with Gasteiger partial charge < -0.3 is 10.6 Å². The Morgan fingerprint density at radius 1 is 1.25 bits per heavy atom. The van der Waals surface area contributed by atoms with Crippen LogP contribution in [0.5, 0.6) is 0 Å². The smallest absolute Gasteiger partial charge is 0.193 e. The number of guanidine groups is 1. The van der Waals surface area contributed by atoms with E-state index in [9.17, 15) is 0 Å². The Hall–Kier alpha value is -2.34. The molecule has 0 bridgehead atoms. The van der Waals surface area contributed by atoms with Gasteiger partial charge in [0.25, 0.3) is 0 Å². The monoisotopic (exact) mass is 341 g/mol. The summed E-state index contributed by atoms with van der Waals surface area (Å²) >= 11 is 1.64. The number of rotatable bonds is 7. The molecule has 0 amide bonds. The fourth-order valence-electron chi connectivity index (χ4n) is 2.50. The summed E-state index contributed by atoms with van der Waals surface area (Å²) in [5, 5.41) is 8.72. The Kier molecular flexibility index (Phi) is 5.85. The Morgan fingerprint density at radius 2 is 2.12 bits per heavy atom. The maximum absolute atomic E-state index is 4.63. The summed E-state index contributed by atoms with van der Waals surface area (Å²) < 4.78 is 2.04. The van der Waals surface area contributed by atoms with Crippen molar-refractivity contribution in [1.29, 1.82) is 0 Å². The largest absolute Gasteiger partial charge is 0.357 e. The molecule has 0 atom stereocenters. The fourth-order valence-corrected chi connectivity index (χ4v) is 3.22. The number of benzene rings is 1. The van der Waals surface area contributed by atoms with Crippen molar-refractivity contribution in [2.75, 3.05) is 13.1 Å². The molecule has 0 spiro atoms. The second-order valence-corrected chi connectivity index (χ2v) is 6.41. The van der Waals surface area contributed by atoms with E-state index in [1.165, 1.54) is 5.56 Å². The van der Waals surface area contributed by atoms with Crippen LogP contribution in [0.4, 0.5) is 0 Å². The molecule has 0 fully saturated rings. The third kappa shape index (κ3) is 4.58. The molecule has 2 aromatic heterocycles. The average Bonchev–Trinajstić information content (AvgIpc) is 3.19. The first-order valence-electron chi connectivity index (χ1n) is 8.32. The number of nitrogens with zero attached hydrogens (tertiary/aromatic N) is 3. The van der Waals surface area contributed by atoms with Gasteiger partial charge >= 0.3 is 0 Å². The maximum atomic E-state index is 4.63. The Bertz CT molecular complexity index is 746. The van der Waals surface area contributed by atoms with Gasteiger partial charge in [-0.1, -0.05) is 30.3 Å². The van der Waals surface area contributed by atoms with Gasteiger partial charge in [-0.05, 0) is 25.3 Å². The van der Waals surface area contributed by atoms with Gasteiger partial charge in [-0.15, -0.1) is 11.3 Å². The molecule has 24 heavy (non-hydrogen) atoms. The number of fused-ring (bicyclic) bond motifs is 1. The topological polar surface area (TPSA) is 53.7 Å². The molecule has 0 saturated carbocycles. The highest BCUT2D eigenvalue weighted by molar-refractivity contribution is 7.15. The van der Waals surface area contributed by atoms with Gasteiger partial charge in [0.15, 0.2) is 10.9 Å². The van der Waals surface area contributed by atoms with E-state index in [0.717, 1.165) is 42.5 Å². The summed E-state index contributed by atoms with van der Waals surface area (Å²) in [5.41, 5.74) is 2.36. The van der Waals surface area contributed by atoms with Crippen molar-refractivity contribution in [2.45, 2.75) is 26.3 Å². The zero-order valence-corrected chi connectivity index (χ0v) is 14.7. The van der Waals surface area contributed by atoms with Crippen molar-refractivity contribution in [3.63, 3.8) is 0 Å². The molecule has 0 radical (unpaired) electrons. The SMILES string of the molecule is CCNC(=NCc1cn2ccsc2n1)NCCCc1ccccc1. The predicted octanol–water partition coefficient (Wildman–Crippen LogP) is 3.08. The van der Waals surface area contributed by atoms with Crippen LogP contribution >= 0.6 is 11.3 Å². The van der Waals surface area contributed by atoms with Crippen LogP contribution < -0.4 is 10.6 Å². The molecule has 2 N–H and O–H groups in total. The Labute approximate surface area is 146 Å². The number of nitrogens with one attached hydrogen (secondary N) is 2. The quantitative estimate of drug-likeness (QED) is 0.394. The second kappa shape index (κ2) is 8.49. The molecule has 0 unspecified atom stereocenters. The lowest BCUT2D eigenvalue weighted by atomic mass is 10.1. The summed E-state index contributed by atoms with van der Waals surface area (Å²) in [5.74, 6) is 0.849. The third-order valence-corrected chi connectivity index (χ3v) is 4.43. The molecule has 0 aliphatic carbocycles. The number of thiazole rings is 1. The lowest BCUT2D eigenvalue weighted by Gasteiger charge is -2.10. The number of aromatic nitrogens is 2. The lowest BCUT2D eigenvalue weighted by molar-refractivity contribution is 0.743.